The molecule has 0 radical (unpaired) electrons. The van der Waals surface area contributed by atoms with Gasteiger partial charge in [-0.25, -0.2) is 0 Å². The second kappa shape index (κ2) is 3.93. The van der Waals surface area contributed by atoms with Gasteiger partial charge in [-0.2, -0.15) is 0 Å². The van der Waals surface area contributed by atoms with Crippen molar-refractivity contribution >= 4 is 0 Å². The Morgan fingerprint density at radius 3 is 2.77 bits per heavy atom. The maximum Gasteiger partial charge on any atom is 0.0462 e. The summed E-state index contributed by atoms with van der Waals surface area (Å²) < 4.78 is 0. The van der Waals surface area contributed by atoms with Gasteiger partial charge in [0.05, 0.1) is 0 Å². The van der Waals surface area contributed by atoms with Crippen LogP contribution in [0.15, 0.2) is 24.3 Å². The van der Waals surface area contributed by atoms with Gasteiger partial charge < -0.3 is 5.11 Å². The van der Waals surface area contributed by atoms with Crippen LogP contribution < -0.4 is 0 Å². The number of rotatable bonds is 1. The van der Waals surface area contributed by atoms with Crippen LogP contribution in [0.4, 0.5) is 0 Å². The van der Waals surface area contributed by atoms with Crippen molar-refractivity contribution in [3.63, 3.8) is 0 Å². The Hall–Kier alpha value is -0.820. The highest BCUT2D eigenvalue weighted by molar-refractivity contribution is 5.28. The summed E-state index contributed by atoms with van der Waals surface area (Å²) >= 11 is 0. The van der Waals surface area contributed by atoms with Gasteiger partial charge >= 0.3 is 0 Å². The third-order valence-electron chi connectivity index (χ3n) is 2.94. The number of hydrogen-bond donors (Lipinski definition) is 1. The SMILES string of the molecule is OCC1CCCc2ccccc2C1. The van der Waals surface area contributed by atoms with E-state index in [2.05, 4.69) is 24.3 Å². The second-order valence-electron chi connectivity index (χ2n) is 3.91. The highest BCUT2D eigenvalue weighted by Gasteiger charge is 2.14. The predicted molar refractivity (Wildman–Crippen MR) is 53.7 cm³/mol. The van der Waals surface area contributed by atoms with Crippen molar-refractivity contribution in [2.24, 2.45) is 5.92 Å². The maximum absolute atomic E-state index is 9.14. The standard InChI is InChI=1S/C12H16O/c13-9-10-4-3-7-11-5-1-2-6-12(11)8-10/h1-2,5-6,10,13H,3-4,7-9H2. The topological polar surface area (TPSA) is 20.2 Å². The first kappa shape index (κ1) is 8.76. The lowest BCUT2D eigenvalue weighted by molar-refractivity contribution is 0.218. The van der Waals surface area contributed by atoms with Crippen molar-refractivity contribution in [3.8, 4) is 0 Å². The van der Waals surface area contributed by atoms with E-state index in [9.17, 15) is 0 Å². The summed E-state index contributed by atoms with van der Waals surface area (Å²) in [5.74, 6) is 0.489. The quantitative estimate of drug-likeness (QED) is 0.650. The van der Waals surface area contributed by atoms with Gasteiger partial charge in [0.25, 0.3) is 0 Å². The lowest BCUT2D eigenvalue weighted by Crippen LogP contribution is -2.07. The molecule has 0 saturated carbocycles. The van der Waals surface area contributed by atoms with Crippen LogP contribution in [0.3, 0.4) is 0 Å². The van der Waals surface area contributed by atoms with Crippen molar-refractivity contribution < 1.29 is 5.11 Å². The molecule has 0 aromatic heterocycles. The fourth-order valence-corrected chi connectivity index (χ4v) is 2.15. The Labute approximate surface area is 79.4 Å². The minimum atomic E-state index is 0.342. The van der Waals surface area contributed by atoms with Gasteiger partial charge in [-0.05, 0) is 42.7 Å². The van der Waals surface area contributed by atoms with Gasteiger partial charge in [0, 0.05) is 6.61 Å². The van der Waals surface area contributed by atoms with E-state index in [0.717, 1.165) is 6.42 Å². The normalized spacial score (nSPS) is 22.1. The minimum Gasteiger partial charge on any atom is -0.396 e. The largest absolute Gasteiger partial charge is 0.396 e. The third kappa shape index (κ3) is 1.92. The molecule has 2 rings (SSSR count). The first-order valence-electron chi connectivity index (χ1n) is 5.08. The molecule has 0 saturated heterocycles. The smallest absolute Gasteiger partial charge is 0.0462 e. The predicted octanol–water partition coefficient (Wildman–Crippen LogP) is 2.17. The molecule has 0 aliphatic heterocycles. The van der Waals surface area contributed by atoms with Gasteiger partial charge in [0.15, 0.2) is 0 Å². The number of hydrogen-bond acceptors (Lipinski definition) is 1. The molecule has 13 heavy (non-hydrogen) atoms. The molecule has 0 spiro atoms. The van der Waals surface area contributed by atoms with E-state index in [1.165, 1.54) is 30.4 Å². The molecule has 0 heterocycles. The summed E-state index contributed by atoms with van der Waals surface area (Å²) in [7, 11) is 0. The van der Waals surface area contributed by atoms with Crippen LogP contribution in [0.2, 0.25) is 0 Å². The highest BCUT2D eigenvalue weighted by Crippen LogP contribution is 2.23. The molecule has 1 aliphatic carbocycles. The van der Waals surface area contributed by atoms with Gasteiger partial charge in [0.1, 0.15) is 0 Å². The summed E-state index contributed by atoms with van der Waals surface area (Å²) in [6.07, 6.45) is 4.65. The van der Waals surface area contributed by atoms with Crippen LogP contribution in [0, 0.1) is 5.92 Å². The molecule has 0 amide bonds. The van der Waals surface area contributed by atoms with Crippen LogP contribution >= 0.6 is 0 Å². The van der Waals surface area contributed by atoms with Crippen molar-refractivity contribution in [1.29, 1.82) is 0 Å². The van der Waals surface area contributed by atoms with Gasteiger partial charge in [-0.15, -0.1) is 0 Å². The van der Waals surface area contributed by atoms with Crippen LogP contribution in [0.25, 0.3) is 0 Å². The zero-order valence-corrected chi connectivity index (χ0v) is 7.87. The molecular weight excluding hydrogens is 160 g/mol. The van der Waals surface area contributed by atoms with E-state index in [0.29, 0.717) is 12.5 Å². The van der Waals surface area contributed by atoms with E-state index in [1.54, 1.807) is 0 Å². The third-order valence-corrected chi connectivity index (χ3v) is 2.94. The number of aliphatic hydroxyl groups is 1. The monoisotopic (exact) mass is 176 g/mol. The van der Waals surface area contributed by atoms with Crippen LogP contribution in [0.5, 0.6) is 0 Å². The Kier molecular flexibility index (Phi) is 2.65. The van der Waals surface area contributed by atoms with Crippen LogP contribution in [-0.4, -0.2) is 11.7 Å². The molecule has 0 bridgehead atoms. The summed E-state index contributed by atoms with van der Waals surface area (Å²) in [6, 6.07) is 8.62. The Balaban J connectivity index is 2.23. The Morgan fingerprint density at radius 1 is 1.23 bits per heavy atom. The van der Waals surface area contributed by atoms with Crippen molar-refractivity contribution in [2.75, 3.05) is 6.61 Å². The average molecular weight is 176 g/mol. The zero-order valence-electron chi connectivity index (χ0n) is 7.87. The summed E-state index contributed by atoms with van der Waals surface area (Å²) in [6.45, 7) is 0.342. The molecule has 1 heteroatoms. The number of fused-ring (bicyclic) bond motifs is 1. The molecule has 0 fully saturated rings. The van der Waals surface area contributed by atoms with Crippen LogP contribution in [-0.2, 0) is 12.8 Å². The molecular formula is C12H16O. The van der Waals surface area contributed by atoms with Gasteiger partial charge in [-0.1, -0.05) is 24.3 Å². The number of benzene rings is 1. The Bertz CT molecular complexity index is 280. The Morgan fingerprint density at radius 2 is 2.00 bits per heavy atom. The minimum absolute atomic E-state index is 0.342. The van der Waals surface area contributed by atoms with E-state index >= 15 is 0 Å². The first-order chi connectivity index (χ1) is 6.40. The molecule has 1 aromatic rings. The fraction of sp³-hybridized carbons (Fsp3) is 0.500. The summed E-state index contributed by atoms with van der Waals surface area (Å²) in [5, 5.41) is 9.14. The molecule has 1 N–H and O–H groups in total. The highest BCUT2D eigenvalue weighted by atomic mass is 16.3. The van der Waals surface area contributed by atoms with Crippen molar-refractivity contribution in [2.45, 2.75) is 25.7 Å². The summed E-state index contributed by atoms with van der Waals surface area (Å²) in [4.78, 5) is 0. The maximum atomic E-state index is 9.14. The molecule has 1 nitrogen and oxygen atoms in total. The average Bonchev–Trinajstić information content (AvgIpc) is 2.38. The van der Waals surface area contributed by atoms with E-state index in [-0.39, 0.29) is 0 Å². The lowest BCUT2D eigenvalue weighted by Gasteiger charge is -2.10. The van der Waals surface area contributed by atoms with Crippen LogP contribution in [0.1, 0.15) is 24.0 Å². The second-order valence-corrected chi connectivity index (χ2v) is 3.91. The van der Waals surface area contributed by atoms with E-state index in [4.69, 9.17) is 5.11 Å². The van der Waals surface area contributed by atoms with E-state index in [1.807, 2.05) is 0 Å². The molecule has 1 aromatic carbocycles. The molecule has 1 atom stereocenters. The van der Waals surface area contributed by atoms with Crippen molar-refractivity contribution in [1.82, 2.24) is 0 Å². The first-order valence-corrected chi connectivity index (χ1v) is 5.08. The summed E-state index contributed by atoms with van der Waals surface area (Å²) in [5.41, 5.74) is 2.93. The van der Waals surface area contributed by atoms with Gasteiger partial charge in [-0.3, -0.25) is 0 Å². The van der Waals surface area contributed by atoms with E-state index < -0.39 is 0 Å². The molecule has 1 aliphatic rings. The fourth-order valence-electron chi connectivity index (χ4n) is 2.15. The lowest BCUT2D eigenvalue weighted by atomic mass is 9.98. The molecule has 1 unspecified atom stereocenters. The number of aliphatic hydroxyl groups excluding tert-OH is 1. The number of aryl methyl sites for hydroxylation is 1. The molecule has 70 valence electrons. The van der Waals surface area contributed by atoms with Gasteiger partial charge in [0.2, 0.25) is 0 Å². The van der Waals surface area contributed by atoms with Crippen molar-refractivity contribution in [3.05, 3.63) is 35.4 Å². The zero-order chi connectivity index (χ0) is 9.10.